The summed E-state index contributed by atoms with van der Waals surface area (Å²) in [7, 11) is 1.57. The molecule has 2 N–H and O–H groups in total. The number of aromatic amines is 1. The van der Waals surface area contributed by atoms with E-state index in [1.165, 1.54) is 0 Å². The van der Waals surface area contributed by atoms with Gasteiger partial charge in [-0.05, 0) is 44.4 Å². The van der Waals surface area contributed by atoms with Crippen LogP contribution in [0, 0.1) is 11.8 Å². The number of rotatable bonds is 7. The van der Waals surface area contributed by atoms with E-state index in [-0.39, 0.29) is 29.2 Å². The summed E-state index contributed by atoms with van der Waals surface area (Å²) < 4.78 is 5.28. The lowest BCUT2D eigenvalue weighted by atomic mass is 9.82. The van der Waals surface area contributed by atoms with E-state index in [2.05, 4.69) is 27.4 Å². The number of nitrogens with zero attached hydrogens (tertiary/aromatic N) is 2. The first-order chi connectivity index (χ1) is 12.0. The molecular weight excluding hydrogens is 320 g/mol. The third-order valence-electron chi connectivity index (χ3n) is 5.14. The van der Waals surface area contributed by atoms with Gasteiger partial charge in [0.2, 0.25) is 5.91 Å². The molecule has 7 heteroatoms. The third kappa shape index (κ3) is 4.87. The number of H-pyrrole nitrogens is 1. The minimum atomic E-state index is -0.417. The van der Waals surface area contributed by atoms with Crippen molar-refractivity contribution in [1.29, 1.82) is 0 Å². The molecule has 1 amide bonds. The van der Waals surface area contributed by atoms with Crippen LogP contribution in [0.25, 0.3) is 0 Å². The normalized spacial score (nSPS) is 23.0. The highest BCUT2D eigenvalue weighted by molar-refractivity contribution is 5.79. The molecule has 25 heavy (non-hydrogen) atoms. The molecule has 0 aromatic carbocycles. The Morgan fingerprint density at radius 3 is 2.44 bits per heavy atom. The fourth-order valence-electron chi connectivity index (χ4n) is 3.38. The summed E-state index contributed by atoms with van der Waals surface area (Å²) in [6.45, 7) is 6.10. The van der Waals surface area contributed by atoms with Gasteiger partial charge in [0.05, 0.1) is 6.04 Å². The van der Waals surface area contributed by atoms with E-state index >= 15 is 0 Å². The molecular formula is C18H30N4O3. The number of carbonyl (C=O) groups excluding carboxylic acids is 1. The smallest absolute Gasteiger partial charge is 0.275 e. The average molecular weight is 350 g/mol. The van der Waals surface area contributed by atoms with E-state index in [4.69, 9.17) is 4.74 Å². The lowest BCUT2D eigenvalue weighted by molar-refractivity contribution is -0.127. The van der Waals surface area contributed by atoms with Gasteiger partial charge in [-0.3, -0.25) is 9.59 Å². The Bertz CT molecular complexity index is 619. The topological polar surface area (TPSA) is 97.0 Å². The molecule has 0 saturated heterocycles. The molecule has 0 aliphatic heterocycles. The summed E-state index contributed by atoms with van der Waals surface area (Å²) in [6, 6.07) is -0.417. The van der Waals surface area contributed by atoms with Gasteiger partial charge in [-0.15, -0.1) is 10.2 Å². The van der Waals surface area contributed by atoms with Crippen LogP contribution in [0.5, 0.6) is 0 Å². The lowest BCUT2D eigenvalue weighted by Crippen LogP contribution is -2.38. The van der Waals surface area contributed by atoms with Crippen molar-refractivity contribution < 1.29 is 9.53 Å². The van der Waals surface area contributed by atoms with Crippen molar-refractivity contribution in [2.45, 2.75) is 71.4 Å². The van der Waals surface area contributed by atoms with Crippen LogP contribution in [-0.4, -0.2) is 28.2 Å². The maximum Gasteiger partial charge on any atom is 0.275 e. The molecule has 1 aliphatic carbocycles. The Morgan fingerprint density at radius 1 is 1.24 bits per heavy atom. The van der Waals surface area contributed by atoms with Crippen LogP contribution >= 0.6 is 0 Å². The Kier molecular flexibility index (Phi) is 7.11. The first-order valence-electron chi connectivity index (χ1n) is 9.30. The van der Waals surface area contributed by atoms with Crippen LogP contribution in [0.2, 0.25) is 0 Å². The highest BCUT2D eigenvalue weighted by atomic mass is 16.5. The fourth-order valence-corrected chi connectivity index (χ4v) is 3.38. The minimum absolute atomic E-state index is 0.0207. The summed E-state index contributed by atoms with van der Waals surface area (Å²) in [5.41, 5.74) is -0.0559. The van der Waals surface area contributed by atoms with E-state index in [0.29, 0.717) is 24.6 Å². The summed E-state index contributed by atoms with van der Waals surface area (Å²) in [5.74, 6) is 1.17. The van der Waals surface area contributed by atoms with E-state index < -0.39 is 6.04 Å². The predicted molar refractivity (Wildman–Crippen MR) is 95.0 cm³/mol. The van der Waals surface area contributed by atoms with Crippen molar-refractivity contribution in [2.24, 2.45) is 11.8 Å². The van der Waals surface area contributed by atoms with Gasteiger partial charge < -0.3 is 15.0 Å². The second-order valence-electron chi connectivity index (χ2n) is 6.98. The molecule has 1 fully saturated rings. The largest absolute Gasteiger partial charge is 0.373 e. The van der Waals surface area contributed by atoms with Gasteiger partial charge in [-0.25, -0.2) is 0 Å². The minimum Gasteiger partial charge on any atom is -0.373 e. The quantitative estimate of drug-likeness (QED) is 0.788. The highest BCUT2D eigenvalue weighted by Crippen LogP contribution is 2.29. The fraction of sp³-hybridized carbons (Fsp3) is 0.778. The molecule has 2 rings (SSSR count). The first-order valence-corrected chi connectivity index (χ1v) is 9.30. The standard InChI is InChI=1S/C18H30N4O3/c1-5-13(19-17(23)12-9-7-11(3)8-10-12)15-18(24)20-16(22-21-15)14(6-2)25-4/h11-14H,5-10H2,1-4H3,(H,19,23)(H,20,22,24). The van der Waals surface area contributed by atoms with E-state index in [0.717, 1.165) is 25.7 Å². The van der Waals surface area contributed by atoms with Crippen molar-refractivity contribution in [3.63, 3.8) is 0 Å². The van der Waals surface area contributed by atoms with Gasteiger partial charge in [-0.2, -0.15) is 0 Å². The van der Waals surface area contributed by atoms with Gasteiger partial charge in [-0.1, -0.05) is 20.8 Å². The van der Waals surface area contributed by atoms with Gasteiger partial charge >= 0.3 is 0 Å². The average Bonchev–Trinajstić information content (AvgIpc) is 2.61. The van der Waals surface area contributed by atoms with Crippen LogP contribution in [-0.2, 0) is 9.53 Å². The molecule has 7 nitrogen and oxygen atoms in total. The summed E-state index contributed by atoms with van der Waals surface area (Å²) in [6.07, 6.45) is 4.99. The number of hydrogen-bond donors (Lipinski definition) is 2. The second-order valence-corrected chi connectivity index (χ2v) is 6.98. The van der Waals surface area contributed by atoms with Gasteiger partial charge in [0.1, 0.15) is 6.10 Å². The summed E-state index contributed by atoms with van der Waals surface area (Å²) >= 11 is 0. The maximum absolute atomic E-state index is 12.5. The number of amides is 1. The second kappa shape index (κ2) is 9.08. The Balaban J connectivity index is 2.09. The van der Waals surface area contributed by atoms with Gasteiger partial charge in [0, 0.05) is 13.0 Å². The molecule has 1 aliphatic rings. The Hall–Kier alpha value is -1.76. The zero-order chi connectivity index (χ0) is 18.4. The van der Waals surface area contributed by atoms with Crippen molar-refractivity contribution in [1.82, 2.24) is 20.5 Å². The van der Waals surface area contributed by atoms with Crippen LogP contribution in [0.15, 0.2) is 4.79 Å². The zero-order valence-electron chi connectivity index (χ0n) is 15.7. The lowest BCUT2D eigenvalue weighted by Gasteiger charge is -2.27. The van der Waals surface area contributed by atoms with Gasteiger partial charge in [0.25, 0.3) is 5.56 Å². The summed E-state index contributed by atoms with van der Waals surface area (Å²) in [4.78, 5) is 27.7. The number of nitrogens with one attached hydrogen (secondary N) is 2. The first kappa shape index (κ1) is 19.6. The molecule has 1 saturated carbocycles. The number of ether oxygens (including phenoxy) is 1. The Labute approximate surface area is 149 Å². The van der Waals surface area contributed by atoms with Crippen molar-refractivity contribution in [2.75, 3.05) is 7.11 Å². The number of hydrogen-bond acceptors (Lipinski definition) is 5. The molecule has 0 radical (unpaired) electrons. The maximum atomic E-state index is 12.5. The predicted octanol–water partition coefficient (Wildman–Crippen LogP) is 2.66. The van der Waals surface area contributed by atoms with Crippen LogP contribution < -0.4 is 10.9 Å². The number of carbonyl (C=O) groups is 1. The highest BCUT2D eigenvalue weighted by Gasteiger charge is 2.27. The summed E-state index contributed by atoms with van der Waals surface area (Å²) in [5, 5.41) is 11.2. The number of methoxy groups -OCH3 is 1. The molecule has 2 unspecified atom stereocenters. The van der Waals surface area contributed by atoms with Crippen molar-refractivity contribution >= 4 is 5.91 Å². The van der Waals surface area contributed by atoms with Crippen LogP contribution in [0.4, 0.5) is 0 Å². The van der Waals surface area contributed by atoms with Gasteiger partial charge in [0.15, 0.2) is 11.5 Å². The molecule has 1 heterocycles. The zero-order valence-corrected chi connectivity index (χ0v) is 15.7. The molecule has 140 valence electrons. The molecule has 0 spiro atoms. The monoisotopic (exact) mass is 350 g/mol. The van der Waals surface area contributed by atoms with E-state index in [1.54, 1.807) is 7.11 Å². The molecule has 1 aromatic heterocycles. The van der Waals surface area contributed by atoms with Crippen molar-refractivity contribution in [3.05, 3.63) is 21.9 Å². The van der Waals surface area contributed by atoms with E-state index in [9.17, 15) is 9.59 Å². The number of aromatic nitrogens is 3. The third-order valence-corrected chi connectivity index (χ3v) is 5.14. The van der Waals surface area contributed by atoms with Crippen LogP contribution in [0.1, 0.15) is 83.0 Å². The Morgan fingerprint density at radius 2 is 1.92 bits per heavy atom. The molecule has 1 aromatic rings. The van der Waals surface area contributed by atoms with Crippen LogP contribution in [0.3, 0.4) is 0 Å². The molecule has 0 bridgehead atoms. The molecule has 2 atom stereocenters. The van der Waals surface area contributed by atoms with Crippen molar-refractivity contribution in [3.8, 4) is 0 Å². The SMILES string of the molecule is CCC(NC(=O)C1CCC(C)CC1)c1nnc(C(CC)OC)[nH]c1=O. The van der Waals surface area contributed by atoms with E-state index in [1.807, 2.05) is 13.8 Å².